The molecule has 2 amide bonds. The monoisotopic (exact) mass is 373 g/mol. The highest BCUT2D eigenvalue weighted by molar-refractivity contribution is 7.15. The van der Waals surface area contributed by atoms with Crippen LogP contribution in [-0.2, 0) is 17.6 Å². The van der Waals surface area contributed by atoms with E-state index in [0.29, 0.717) is 5.56 Å². The smallest absolute Gasteiger partial charge is 0.272 e. The number of carbonyl (C=O) groups excluding carboxylic acids is 2. The molecule has 0 fully saturated rings. The van der Waals surface area contributed by atoms with Gasteiger partial charge in [-0.05, 0) is 57.2 Å². The van der Waals surface area contributed by atoms with Crippen LogP contribution in [0.2, 0.25) is 0 Å². The largest absolute Gasteiger partial charge is 0.309 e. The summed E-state index contributed by atoms with van der Waals surface area (Å²) in [6, 6.07) is 4.13. The average molecular weight is 374 g/mol. The minimum Gasteiger partial charge on any atom is -0.309 e. The molecular weight excluding hydrogens is 346 g/mol. The van der Waals surface area contributed by atoms with Gasteiger partial charge in [0.1, 0.15) is 5.00 Å². The van der Waals surface area contributed by atoms with Gasteiger partial charge in [-0.25, -0.2) is 0 Å². The van der Waals surface area contributed by atoms with E-state index in [1.54, 1.807) is 11.3 Å². The molecular formula is C20H27N3O2S. The molecule has 1 aliphatic rings. The van der Waals surface area contributed by atoms with Gasteiger partial charge in [0, 0.05) is 21.7 Å². The number of rotatable bonds is 2. The third kappa shape index (κ3) is 3.43. The third-order valence-corrected chi connectivity index (χ3v) is 6.10. The average Bonchev–Trinajstić information content (AvgIpc) is 3.10. The molecule has 0 spiro atoms. The molecule has 2 N–H and O–H groups in total. The van der Waals surface area contributed by atoms with Gasteiger partial charge in [-0.1, -0.05) is 20.8 Å². The Morgan fingerprint density at radius 3 is 2.27 bits per heavy atom. The van der Waals surface area contributed by atoms with Crippen molar-refractivity contribution in [3.05, 3.63) is 39.5 Å². The Balaban J connectivity index is 1.99. The molecule has 0 aromatic carbocycles. The summed E-state index contributed by atoms with van der Waals surface area (Å²) in [5.74, 6) is -0.436. The van der Waals surface area contributed by atoms with Gasteiger partial charge in [0.2, 0.25) is 5.91 Å². The van der Waals surface area contributed by atoms with Gasteiger partial charge in [0.25, 0.3) is 5.91 Å². The molecule has 0 aliphatic heterocycles. The van der Waals surface area contributed by atoms with E-state index in [0.717, 1.165) is 41.2 Å². The summed E-state index contributed by atoms with van der Waals surface area (Å²) in [6.07, 6.45) is 4.20. The lowest BCUT2D eigenvalue weighted by molar-refractivity contribution is -0.129. The van der Waals surface area contributed by atoms with Crippen LogP contribution in [0.1, 0.15) is 65.8 Å². The highest BCUT2D eigenvalue weighted by Crippen LogP contribution is 2.38. The molecule has 2 aromatic rings. The highest BCUT2D eigenvalue weighted by atomic mass is 32.1. The predicted molar refractivity (Wildman–Crippen MR) is 105 cm³/mol. The van der Waals surface area contributed by atoms with E-state index in [4.69, 9.17) is 0 Å². The second-order valence-electron chi connectivity index (χ2n) is 8.00. The van der Waals surface area contributed by atoms with Crippen LogP contribution in [-0.4, -0.2) is 16.4 Å². The number of hydrogen-bond acceptors (Lipinski definition) is 3. The summed E-state index contributed by atoms with van der Waals surface area (Å²) < 4.78 is 2.14. The van der Waals surface area contributed by atoms with Gasteiger partial charge < -0.3 is 4.57 Å². The quantitative estimate of drug-likeness (QED) is 0.786. The Kier molecular flexibility index (Phi) is 4.97. The summed E-state index contributed by atoms with van der Waals surface area (Å²) in [6.45, 7) is 9.56. The van der Waals surface area contributed by atoms with Gasteiger partial charge in [-0.2, -0.15) is 0 Å². The number of carbonyl (C=O) groups is 2. The van der Waals surface area contributed by atoms with Gasteiger partial charge in [0.05, 0.1) is 5.56 Å². The van der Waals surface area contributed by atoms with E-state index in [2.05, 4.69) is 41.4 Å². The van der Waals surface area contributed by atoms with E-state index in [-0.39, 0.29) is 11.8 Å². The van der Waals surface area contributed by atoms with Crippen molar-refractivity contribution >= 4 is 23.2 Å². The van der Waals surface area contributed by atoms with E-state index in [9.17, 15) is 9.59 Å². The van der Waals surface area contributed by atoms with Crippen molar-refractivity contribution in [2.24, 2.45) is 5.41 Å². The second-order valence-corrected chi connectivity index (χ2v) is 9.08. The second kappa shape index (κ2) is 6.91. The van der Waals surface area contributed by atoms with Gasteiger partial charge >= 0.3 is 0 Å². The fourth-order valence-electron chi connectivity index (χ4n) is 3.30. The van der Waals surface area contributed by atoms with Crippen LogP contribution < -0.4 is 10.9 Å². The van der Waals surface area contributed by atoms with E-state index >= 15 is 0 Å². The normalized spacial score (nSPS) is 14.0. The number of aromatic nitrogens is 1. The third-order valence-electron chi connectivity index (χ3n) is 4.82. The SMILES string of the molecule is Cc1ccc(C)n1-c1sc2c(c1C(=O)NNC(=O)C(C)(C)C)CCCC2. The topological polar surface area (TPSA) is 63.1 Å². The fourth-order valence-corrected chi connectivity index (χ4v) is 4.80. The predicted octanol–water partition coefficient (Wildman–Crippen LogP) is 3.84. The minimum absolute atomic E-state index is 0.204. The number of nitrogens with zero attached hydrogens (tertiary/aromatic N) is 1. The zero-order chi connectivity index (χ0) is 19.1. The van der Waals surface area contributed by atoms with Crippen LogP contribution in [0.3, 0.4) is 0 Å². The summed E-state index contributed by atoms with van der Waals surface area (Å²) in [7, 11) is 0. The number of hydrogen-bond donors (Lipinski definition) is 2. The highest BCUT2D eigenvalue weighted by Gasteiger charge is 2.28. The Labute approximate surface area is 158 Å². The summed E-state index contributed by atoms with van der Waals surface area (Å²) in [4.78, 5) is 26.4. The van der Waals surface area contributed by atoms with Crippen LogP contribution in [0.4, 0.5) is 0 Å². The molecule has 0 radical (unpaired) electrons. The lowest BCUT2D eigenvalue weighted by Crippen LogP contribution is -2.47. The molecule has 2 aromatic heterocycles. The molecule has 3 rings (SSSR count). The molecule has 0 atom stereocenters. The first-order valence-electron chi connectivity index (χ1n) is 9.11. The molecule has 2 heterocycles. The van der Waals surface area contributed by atoms with Crippen molar-refractivity contribution in [2.75, 3.05) is 0 Å². The maximum Gasteiger partial charge on any atom is 0.272 e. The maximum atomic E-state index is 13.0. The fraction of sp³-hybridized carbons (Fsp3) is 0.500. The molecule has 0 saturated heterocycles. The summed E-state index contributed by atoms with van der Waals surface area (Å²) in [5.41, 5.74) is 8.72. The molecule has 0 bridgehead atoms. The van der Waals surface area contributed by atoms with Crippen molar-refractivity contribution < 1.29 is 9.59 Å². The number of thiophene rings is 1. The zero-order valence-electron chi connectivity index (χ0n) is 16.2. The lowest BCUT2D eigenvalue weighted by atomic mass is 9.95. The van der Waals surface area contributed by atoms with Crippen LogP contribution in [0.15, 0.2) is 12.1 Å². The van der Waals surface area contributed by atoms with Crippen LogP contribution >= 0.6 is 11.3 Å². The molecule has 5 nitrogen and oxygen atoms in total. The van der Waals surface area contributed by atoms with Crippen molar-refractivity contribution in [3.8, 4) is 5.00 Å². The number of hydrazine groups is 1. The Hall–Kier alpha value is -2.08. The van der Waals surface area contributed by atoms with Crippen LogP contribution in [0.25, 0.3) is 5.00 Å². The molecule has 26 heavy (non-hydrogen) atoms. The minimum atomic E-state index is -0.558. The Bertz CT molecular complexity index is 836. The summed E-state index contributed by atoms with van der Waals surface area (Å²) in [5, 5.41) is 0.958. The van der Waals surface area contributed by atoms with Crippen molar-refractivity contribution in [2.45, 2.75) is 60.3 Å². The molecule has 1 aliphatic carbocycles. The first-order chi connectivity index (χ1) is 12.2. The number of nitrogens with one attached hydrogen (secondary N) is 2. The first kappa shape index (κ1) is 18.7. The van der Waals surface area contributed by atoms with Gasteiger partial charge in [-0.3, -0.25) is 20.4 Å². The van der Waals surface area contributed by atoms with Crippen LogP contribution in [0.5, 0.6) is 0 Å². The van der Waals surface area contributed by atoms with Crippen molar-refractivity contribution in [1.82, 2.24) is 15.4 Å². The molecule has 6 heteroatoms. The number of fused-ring (bicyclic) bond motifs is 1. The maximum absolute atomic E-state index is 13.0. The Morgan fingerprint density at radius 1 is 1.04 bits per heavy atom. The molecule has 0 unspecified atom stereocenters. The molecule has 0 saturated carbocycles. The lowest BCUT2D eigenvalue weighted by Gasteiger charge is -2.19. The van der Waals surface area contributed by atoms with Gasteiger partial charge in [-0.15, -0.1) is 11.3 Å². The summed E-state index contributed by atoms with van der Waals surface area (Å²) >= 11 is 1.71. The number of amides is 2. The Morgan fingerprint density at radius 2 is 1.65 bits per heavy atom. The van der Waals surface area contributed by atoms with Crippen molar-refractivity contribution in [3.63, 3.8) is 0 Å². The van der Waals surface area contributed by atoms with E-state index < -0.39 is 5.41 Å². The zero-order valence-corrected chi connectivity index (χ0v) is 17.0. The molecule has 140 valence electrons. The van der Waals surface area contributed by atoms with Gasteiger partial charge in [0.15, 0.2) is 0 Å². The first-order valence-corrected chi connectivity index (χ1v) is 9.92. The van der Waals surface area contributed by atoms with Crippen molar-refractivity contribution in [1.29, 1.82) is 0 Å². The number of aryl methyl sites for hydroxylation is 3. The van der Waals surface area contributed by atoms with E-state index in [1.165, 1.54) is 11.3 Å². The van der Waals surface area contributed by atoms with Crippen LogP contribution in [0, 0.1) is 19.3 Å². The van der Waals surface area contributed by atoms with E-state index in [1.807, 2.05) is 20.8 Å². The standard InChI is InChI=1S/C20H27N3O2S/c1-12-10-11-13(2)23(12)18-16(14-8-6-7-9-15(14)26-18)17(24)21-22-19(25)20(3,4)5/h10-11H,6-9H2,1-5H3,(H,21,24)(H,22,25).